The number of aliphatic carboxylic acids is 1. The van der Waals surface area contributed by atoms with E-state index in [0.29, 0.717) is 5.92 Å². The third-order valence-corrected chi connectivity index (χ3v) is 2.96. The van der Waals surface area contributed by atoms with Crippen LogP contribution < -0.4 is 5.32 Å². The molecule has 1 rings (SSSR count). The summed E-state index contributed by atoms with van der Waals surface area (Å²) >= 11 is 0. The zero-order valence-electron chi connectivity index (χ0n) is 9.16. The monoisotopic (exact) mass is 213 g/mol. The molecule has 1 saturated carbocycles. The van der Waals surface area contributed by atoms with Gasteiger partial charge in [-0.05, 0) is 25.2 Å². The van der Waals surface area contributed by atoms with E-state index < -0.39 is 5.97 Å². The summed E-state index contributed by atoms with van der Waals surface area (Å²) in [5.74, 6) is -0.248. The summed E-state index contributed by atoms with van der Waals surface area (Å²) in [6, 6.07) is 0.259. The molecule has 15 heavy (non-hydrogen) atoms. The summed E-state index contributed by atoms with van der Waals surface area (Å²) < 4.78 is 0. The van der Waals surface area contributed by atoms with Crippen molar-refractivity contribution in [1.82, 2.24) is 5.32 Å². The van der Waals surface area contributed by atoms with Crippen LogP contribution in [0.5, 0.6) is 0 Å². The highest BCUT2D eigenvalue weighted by Crippen LogP contribution is 2.27. The topological polar surface area (TPSA) is 66.4 Å². The van der Waals surface area contributed by atoms with E-state index >= 15 is 0 Å². The number of carbonyl (C=O) groups excluding carboxylic acids is 1. The summed E-state index contributed by atoms with van der Waals surface area (Å²) in [5.41, 5.74) is 0. The van der Waals surface area contributed by atoms with Gasteiger partial charge in [-0.3, -0.25) is 9.59 Å². The maximum absolute atomic E-state index is 10.9. The van der Waals surface area contributed by atoms with Gasteiger partial charge in [-0.2, -0.15) is 0 Å². The van der Waals surface area contributed by atoms with Gasteiger partial charge in [-0.25, -0.2) is 0 Å². The number of hydrogen-bond donors (Lipinski definition) is 2. The summed E-state index contributed by atoms with van der Waals surface area (Å²) in [7, 11) is 0. The smallest absolute Gasteiger partial charge is 0.303 e. The molecule has 1 amide bonds. The minimum absolute atomic E-state index is 0.0129. The number of rotatable bonds is 4. The Kier molecular flexibility index (Phi) is 4.59. The first-order chi connectivity index (χ1) is 7.08. The van der Waals surface area contributed by atoms with E-state index in [1.807, 2.05) is 0 Å². The van der Waals surface area contributed by atoms with Gasteiger partial charge < -0.3 is 10.4 Å². The van der Waals surface area contributed by atoms with E-state index in [1.165, 1.54) is 6.92 Å². The zero-order valence-corrected chi connectivity index (χ0v) is 9.16. The second kappa shape index (κ2) is 5.73. The molecule has 86 valence electrons. The van der Waals surface area contributed by atoms with Gasteiger partial charge in [0.05, 0.1) is 0 Å². The normalized spacial score (nSPS) is 25.9. The molecule has 1 aliphatic carbocycles. The summed E-state index contributed by atoms with van der Waals surface area (Å²) in [6.07, 6.45) is 5.15. The van der Waals surface area contributed by atoms with Gasteiger partial charge in [0.1, 0.15) is 0 Å². The maximum Gasteiger partial charge on any atom is 0.303 e. The van der Waals surface area contributed by atoms with Crippen molar-refractivity contribution in [2.24, 2.45) is 5.92 Å². The van der Waals surface area contributed by atoms with E-state index in [1.54, 1.807) is 0 Å². The summed E-state index contributed by atoms with van der Waals surface area (Å²) in [6.45, 7) is 1.53. The summed E-state index contributed by atoms with van der Waals surface area (Å²) in [5, 5.41) is 11.5. The second-order valence-electron chi connectivity index (χ2n) is 4.36. The first-order valence-electron chi connectivity index (χ1n) is 5.57. The molecule has 2 atom stereocenters. The molecule has 0 radical (unpaired) electrons. The quantitative estimate of drug-likeness (QED) is 0.744. The molecule has 0 unspecified atom stereocenters. The fourth-order valence-corrected chi connectivity index (χ4v) is 2.30. The van der Waals surface area contributed by atoms with Gasteiger partial charge in [0, 0.05) is 19.4 Å². The zero-order chi connectivity index (χ0) is 11.3. The highest BCUT2D eigenvalue weighted by Gasteiger charge is 2.22. The summed E-state index contributed by atoms with van der Waals surface area (Å²) in [4.78, 5) is 21.3. The number of amides is 1. The second-order valence-corrected chi connectivity index (χ2v) is 4.36. The molecule has 4 heteroatoms. The van der Waals surface area contributed by atoms with Crippen molar-refractivity contribution in [1.29, 1.82) is 0 Å². The van der Waals surface area contributed by atoms with Crippen molar-refractivity contribution in [3.63, 3.8) is 0 Å². The fourth-order valence-electron chi connectivity index (χ4n) is 2.30. The van der Waals surface area contributed by atoms with Crippen LogP contribution in [0.1, 0.15) is 45.4 Å². The van der Waals surface area contributed by atoms with Crippen molar-refractivity contribution in [3.05, 3.63) is 0 Å². The van der Waals surface area contributed by atoms with Crippen LogP contribution in [0.4, 0.5) is 0 Å². The van der Waals surface area contributed by atoms with Crippen LogP contribution in [0.2, 0.25) is 0 Å². The van der Waals surface area contributed by atoms with Crippen molar-refractivity contribution in [2.75, 3.05) is 0 Å². The number of hydrogen-bond acceptors (Lipinski definition) is 2. The van der Waals surface area contributed by atoms with Gasteiger partial charge >= 0.3 is 5.97 Å². The number of carboxylic acids is 1. The van der Waals surface area contributed by atoms with Gasteiger partial charge in [0.25, 0.3) is 0 Å². The van der Waals surface area contributed by atoms with E-state index in [0.717, 1.165) is 32.1 Å². The molecule has 0 aromatic rings. The Morgan fingerprint density at radius 3 is 2.73 bits per heavy atom. The predicted molar refractivity (Wildman–Crippen MR) is 56.4 cm³/mol. The van der Waals surface area contributed by atoms with Gasteiger partial charge in [0.2, 0.25) is 5.91 Å². The molecule has 4 nitrogen and oxygen atoms in total. The molecule has 0 heterocycles. The van der Waals surface area contributed by atoms with Crippen molar-refractivity contribution < 1.29 is 14.7 Å². The Morgan fingerprint density at radius 1 is 1.40 bits per heavy atom. The molecule has 0 saturated heterocycles. The molecule has 1 fully saturated rings. The molecule has 0 aliphatic heterocycles. The third-order valence-electron chi connectivity index (χ3n) is 2.96. The van der Waals surface area contributed by atoms with Gasteiger partial charge in [-0.1, -0.05) is 12.8 Å². The first kappa shape index (κ1) is 12.0. The van der Waals surface area contributed by atoms with E-state index in [9.17, 15) is 9.59 Å². The van der Waals surface area contributed by atoms with Crippen LogP contribution in [0, 0.1) is 5.92 Å². The Hall–Kier alpha value is -1.06. The van der Waals surface area contributed by atoms with Crippen molar-refractivity contribution in [2.45, 2.75) is 51.5 Å². The molecule has 0 aromatic heterocycles. The van der Waals surface area contributed by atoms with Crippen LogP contribution >= 0.6 is 0 Å². The maximum atomic E-state index is 10.9. The lowest BCUT2D eigenvalue weighted by atomic mass is 9.83. The average Bonchev–Trinajstić information content (AvgIpc) is 2.14. The molecule has 0 spiro atoms. The van der Waals surface area contributed by atoms with Crippen LogP contribution in [0.25, 0.3) is 0 Å². The SMILES string of the molecule is CC(=O)N[C@@H]1CCC[C@H](CCC(=O)O)C1. The van der Waals surface area contributed by atoms with Crippen LogP contribution in [-0.2, 0) is 9.59 Å². The fraction of sp³-hybridized carbons (Fsp3) is 0.818. The van der Waals surface area contributed by atoms with E-state index in [4.69, 9.17) is 5.11 Å². The Bertz CT molecular complexity index is 240. The van der Waals surface area contributed by atoms with Crippen LogP contribution in [-0.4, -0.2) is 23.0 Å². The molecule has 0 aromatic carbocycles. The number of carboxylic acid groups (broad SMARTS) is 1. The first-order valence-corrected chi connectivity index (χ1v) is 5.57. The predicted octanol–water partition coefficient (Wildman–Crippen LogP) is 1.55. The lowest BCUT2D eigenvalue weighted by Gasteiger charge is -2.29. The Balaban J connectivity index is 2.28. The van der Waals surface area contributed by atoms with Crippen LogP contribution in [0.15, 0.2) is 0 Å². The lowest BCUT2D eigenvalue weighted by molar-refractivity contribution is -0.137. The Morgan fingerprint density at radius 2 is 2.13 bits per heavy atom. The molecular weight excluding hydrogens is 194 g/mol. The van der Waals surface area contributed by atoms with Crippen molar-refractivity contribution in [3.8, 4) is 0 Å². The van der Waals surface area contributed by atoms with Gasteiger partial charge in [0.15, 0.2) is 0 Å². The highest BCUT2D eigenvalue weighted by molar-refractivity contribution is 5.73. The molecule has 1 aliphatic rings. The van der Waals surface area contributed by atoms with Crippen molar-refractivity contribution >= 4 is 11.9 Å². The average molecular weight is 213 g/mol. The van der Waals surface area contributed by atoms with Crippen LogP contribution in [0.3, 0.4) is 0 Å². The minimum atomic E-state index is -0.725. The highest BCUT2D eigenvalue weighted by atomic mass is 16.4. The molecule has 2 N–H and O–H groups in total. The third kappa shape index (κ3) is 4.81. The van der Waals surface area contributed by atoms with Gasteiger partial charge in [-0.15, -0.1) is 0 Å². The molecular formula is C11H19NO3. The number of carbonyl (C=O) groups is 2. The lowest BCUT2D eigenvalue weighted by Crippen LogP contribution is -2.37. The standard InChI is InChI=1S/C11H19NO3/c1-8(13)12-10-4-2-3-9(7-10)5-6-11(14)15/h9-10H,2-7H2,1H3,(H,12,13)(H,14,15)/t9-,10-/m1/s1. The largest absolute Gasteiger partial charge is 0.481 e. The van der Waals surface area contributed by atoms with E-state index in [2.05, 4.69) is 5.32 Å². The minimum Gasteiger partial charge on any atom is -0.481 e. The number of nitrogens with one attached hydrogen (secondary N) is 1. The van der Waals surface area contributed by atoms with E-state index in [-0.39, 0.29) is 18.4 Å². The molecule has 0 bridgehead atoms. The Labute approximate surface area is 90.0 Å².